The summed E-state index contributed by atoms with van der Waals surface area (Å²) in [5.74, 6) is 0.410. The Morgan fingerprint density at radius 2 is 1.52 bits per heavy atom. The SMILES string of the molecule is CC.CC.CCCC(C)c1ccccc1NC(=O)c1ccccc1C. The van der Waals surface area contributed by atoms with Gasteiger partial charge in [-0.15, -0.1) is 0 Å². The van der Waals surface area contributed by atoms with Gasteiger partial charge in [0, 0.05) is 11.3 Å². The number of hydrogen-bond acceptors (Lipinski definition) is 1. The molecule has 2 aromatic rings. The average molecular weight is 342 g/mol. The molecule has 0 aliphatic heterocycles. The van der Waals surface area contributed by atoms with Crippen molar-refractivity contribution in [1.29, 1.82) is 0 Å². The third-order valence-electron chi connectivity index (χ3n) is 3.85. The molecule has 0 heterocycles. The van der Waals surface area contributed by atoms with Crippen molar-refractivity contribution in [3.8, 4) is 0 Å². The van der Waals surface area contributed by atoms with E-state index in [1.165, 1.54) is 5.56 Å². The second-order valence-corrected chi connectivity index (χ2v) is 5.55. The minimum atomic E-state index is -0.0377. The van der Waals surface area contributed by atoms with Gasteiger partial charge in [0.25, 0.3) is 5.91 Å². The standard InChI is InChI=1S/C19H23NO.2C2H6/c1-4-9-14(2)16-11-7-8-13-18(16)20-19(21)17-12-6-5-10-15(17)3;2*1-2/h5-8,10-14H,4,9H2,1-3H3,(H,20,21);2*1-2H3. The number of para-hydroxylation sites is 1. The smallest absolute Gasteiger partial charge is 0.255 e. The van der Waals surface area contributed by atoms with Crippen LogP contribution in [0.2, 0.25) is 0 Å². The molecule has 2 heteroatoms. The van der Waals surface area contributed by atoms with Crippen LogP contribution >= 0.6 is 0 Å². The highest BCUT2D eigenvalue weighted by atomic mass is 16.1. The zero-order chi connectivity index (χ0) is 19.2. The van der Waals surface area contributed by atoms with Crippen LogP contribution in [0, 0.1) is 6.92 Å². The summed E-state index contributed by atoms with van der Waals surface area (Å²) < 4.78 is 0. The molecule has 0 aliphatic rings. The van der Waals surface area contributed by atoms with Gasteiger partial charge in [-0.3, -0.25) is 4.79 Å². The van der Waals surface area contributed by atoms with E-state index in [0.29, 0.717) is 5.92 Å². The summed E-state index contributed by atoms with van der Waals surface area (Å²) in [7, 11) is 0. The Labute approximate surface area is 154 Å². The molecular weight excluding hydrogens is 306 g/mol. The van der Waals surface area contributed by atoms with Crippen LogP contribution < -0.4 is 5.32 Å². The van der Waals surface area contributed by atoms with Gasteiger partial charge in [-0.05, 0) is 42.5 Å². The lowest BCUT2D eigenvalue weighted by Crippen LogP contribution is -2.15. The maximum atomic E-state index is 12.5. The van der Waals surface area contributed by atoms with E-state index in [1.807, 2.05) is 77.1 Å². The van der Waals surface area contributed by atoms with Crippen LogP contribution in [0.5, 0.6) is 0 Å². The number of nitrogens with one attached hydrogen (secondary N) is 1. The maximum Gasteiger partial charge on any atom is 0.255 e. The third kappa shape index (κ3) is 7.13. The van der Waals surface area contributed by atoms with Gasteiger partial charge in [0.15, 0.2) is 0 Å². The van der Waals surface area contributed by atoms with E-state index in [1.54, 1.807) is 0 Å². The van der Waals surface area contributed by atoms with Gasteiger partial charge in [0.2, 0.25) is 0 Å². The number of benzene rings is 2. The number of anilines is 1. The minimum Gasteiger partial charge on any atom is -0.322 e. The largest absolute Gasteiger partial charge is 0.322 e. The van der Waals surface area contributed by atoms with Crippen LogP contribution in [0.15, 0.2) is 48.5 Å². The Balaban J connectivity index is 0.00000134. The predicted molar refractivity (Wildman–Crippen MR) is 112 cm³/mol. The van der Waals surface area contributed by atoms with E-state index in [-0.39, 0.29) is 5.91 Å². The molecule has 2 nitrogen and oxygen atoms in total. The molecule has 1 amide bonds. The van der Waals surface area contributed by atoms with Crippen LogP contribution in [0.4, 0.5) is 5.69 Å². The van der Waals surface area contributed by atoms with Crippen LogP contribution in [-0.4, -0.2) is 5.91 Å². The van der Waals surface area contributed by atoms with Crippen molar-refractivity contribution in [2.45, 2.75) is 67.2 Å². The highest BCUT2D eigenvalue weighted by molar-refractivity contribution is 6.05. The van der Waals surface area contributed by atoms with Crippen molar-refractivity contribution in [1.82, 2.24) is 0 Å². The summed E-state index contributed by atoms with van der Waals surface area (Å²) >= 11 is 0. The predicted octanol–water partition coefficient (Wildman–Crippen LogP) is 7.20. The van der Waals surface area contributed by atoms with Gasteiger partial charge in [-0.1, -0.05) is 84.4 Å². The highest BCUT2D eigenvalue weighted by Crippen LogP contribution is 2.28. The number of hydrogen-bond donors (Lipinski definition) is 1. The minimum absolute atomic E-state index is 0.0377. The van der Waals surface area contributed by atoms with Crippen LogP contribution in [0.3, 0.4) is 0 Å². The summed E-state index contributed by atoms with van der Waals surface area (Å²) in [5.41, 5.74) is 3.86. The molecule has 2 aromatic carbocycles. The quantitative estimate of drug-likeness (QED) is 0.612. The van der Waals surface area contributed by atoms with Gasteiger partial charge >= 0.3 is 0 Å². The Bertz CT molecular complexity index is 619. The number of aryl methyl sites for hydroxylation is 1. The van der Waals surface area contributed by atoms with Gasteiger partial charge < -0.3 is 5.32 Å². The zero-order valence-corrected chi connectivity index (χ0v) is 17.0. The fourth-order valence-electron chi connectivity index (χ4n) is 2.65. The first-order valence-corrected chi connectivity index (χ1v) is 9.59. The molecule has 0 spiro atoms. The fourth-order valence-corrected chi connectivity index (χ4v) is 2.65. The van der Waals surface area contributed by atoms with Crippen molar-refractivity contribution in [3.05, 3.63) is 65.2 Å². The Kier molecular flexibility index (Phi) is 12.1. The molecule has 1 N–H and O–H groups in total. The molecular formula is C23H35NO. The zero-order valence-electron chi connectivity index (χ0n) is 17.0. The molecule has 25 heavy (non-hydrogen) atoms. The Morgan fingerprint density at radius 3 is 2.12 bits per heavy atom. The summed E-state index contributed by atoms with van der Waals surface area (Å²) in [6.07, 6.45) is 2.26. The molecule has 0 bridgehead atoms. The summed E-state index contributed by atoms with van der Waals surface area (Å²) in [6, 6.07) is 15.8. The van der Waals surface area contributed by atoms with E-state index < -0.39 is 0 Å². The molecule has 138 valence electrons. The molecule has 0 saturated heterocycles. The van der Waals surface area contributed by atoms with Crippen LogP contribution in [0.25, 0.3) is 0 Å². The van der Waals surface area contributed by atoms with Crippen molar-refractivity contribution < 1.29 is 4.79 Å². The normalized spacial score (nSPS) is 10.5. The molecule has 0 fully saturated rings. The summed E-state index contributed by atoms with van der Waals surface area (Å²) in [6.45, 7) is 14.4. The van der Waals surface area contributed by atoms with Crippen LogP contribution in [-0.2, 0) is 0 Å². The number of carbonyl (C=O) groups is 1. The molecule has 0 aromatic heterocycles. The second-order valence-electron chi connectivity index (χ2n) is 5.55. The van der Waals surface area contributed by atoms with Gasteiger partial charge in [-0.2, -0.15) is 0 Å². The monoisotopic (exact) mass is 341 g/mol. The molecule has 0 radical (unpaired) electrons. The van der Waals surface area contributed by atoms with Crippen molar-refractivity contribution in [3.63, 3.8) is 0 Å². The Hall–Kier alpha value is -2.09. The number of carbonyl (C=O) groups excluding carboxylic acids is 1. The topological polar surface area (TPSA) is 29.1 Å². The molecule has 1 atom stereocenters. The van der Waals surface area contributed by atoms with Gasteiger partial charge in [0.1, 0.15) is 0 Å². The second kappa shape index (κ2) is 13.2. The first-order valence-electron chi connectivity index (χ1n) is 9.59. The molecule has 0 aliphatic carbocycles. The summed E-state index contributed by atoms with van der Waals surface area (Å²) in [5, 5.41) is 3.07. The molecule has 0 saturated carbocycles. The summed E-state index contributed by atoms with van der Waals surface area (Å²) in [4.78, 5) is 12.5. The lowest BCUT2D eigenvalue weighted by atomic mass is 9.95. The van der Waals surface area contributed by atoms with Crippen LogP contribution in [0.1, 0.15) is 81.8 Å². The number of rotatable bonds is 5. The van der Waals surface area contributed by atoms with Gasteiger partial charge in [-0.25, -0.2) is 0 Å². The first-order chi connectivity index (χ1) is 12.1. The lowest BCUT2D eigenvalue weighted by Gasteiger charge is -2.17. The first kappa shape index (κ1) is 22.9. The van der Waals surface area contributed by atoms with E-state index >= 15 is 0 Å². The average Bonchev–Trinajstić information content (AvgIpc) is 2.66. The fraction of sp³-hybridized carbons (Fsp3) is 0.435. The lowest BCUT2D eigenvalue weighted by molar-refractivity contribution is 0.102. The maximum absolute atomic E-state index is 12.5. The van der Waals surface area contributed by atoms with Crippen molar-refractivity contribution in [2.24, 2.45) is 0 Å². The van der Waals surface area contributed by atoms with E-state index in [0.717, 1.165) is 29.7 Å². The highest BCUT2D eigenvalue weighted by Gasteiger charge is 2.13. The molecule has 1 unspecified atom stereocenters. The Morgan fingerprint density at radius 1 is 0.960 bits per heavy atom. The van der Waals surface area contributed by atoms with Crippen molar-refractivity contribution >= 4 is 11.6 Å². The number of amides is 1. The van der Waals surface area contributed by atoms with E-state index in [2.05, 4.69) is 25.2 Å². The third-order valence-corrected chi connectivity index (χ3v) is 3.85. The van der Waals surface area contributed by atoms with E-state index in [4.69, 9.17) is 0 Å². The van der Waals surface area contributed by atoms with Gasteiger partial charge in [0.05, 0.1) is 0 Å². The van der Waals surface area contributed by atoms with E-state index in [9.17, 15) is 4.79 Å². The van der Waals surface area contributed by atoms with Crippen molar-refractivity contribution in [2.75, 3.05) is 5.32 Å². The molecule has 2 rings (SSSR count).